The van der Waals surface area contributed by atoms with Crippen molar-refractivity contribution in [2.75, 3.05) is 11.9 Å². The lowest BCUT2D eigenvalue weighted by Crippen LogP contribution is -2.22. The predicted molar refractivity (Wildman–Crippen MR) is 79.9 cm³/mol. The highest BCUT2D eigenvalue weighted by atomic mass is 19.1. The van der Waals surface area contributed by atoms with Gasteiger partial charge in [0.2, 0.25) is 0 Å². The van der Waals surface area contributed by atoms with Crippen LogP contribution in [0.4, 0.5) is 10.2 Å². The Morgan fingerprint density at radius 2 is 2.35 bits per heavy atom. The molecule has 1 saturated carbocycles. The van der Waals surface area contributed by atoms with E-state index in [9.17, 15) is 9.50 Å². The Morgan fingerprint density at radius 1 is 1.52 bits per heavy atom. The lowest BCUT2D eigenvalue weighted by atomic mass is 10.0. The molecule has 2 aromatic rings. The second kappa shape index (κ2) is 6.30. The van der Waals surface area contributed by atoms with Gasteiger partial charge in [0.25, 0.3) is 0 Å². The van der Waals surface area contributed by atoms with E-state index in [2.05, 4.69) is 20.5 Å². The van der Waals surface area contributed by atoms with Gasteiger partial charge >= 0.3 is 0 Å². The average molecular weight is 316 g/mol. The van der Waals surface area contributed by atoms with Crippen molar-refractivity contribution in [3.05, 3.63) is 35.8 Å². The van der Waals surface area contributed by atoms with Crippen molar-refractivity contribution in [3.63, 3.8) is 0 Å². The number of nitriles is 1. The van der Waals surface area contributed by atoms with Crippen LogP contribution in [-0.2, 0) is 7.05 Å². The summed E-state index contributed by atoms with van der Waals surface area (Å²) in [6, 6.07) is 2.98. The van der Waals surface area contributed by atoms with Crippen molar-refractivity contribution >= 4 is 5.82 Å². The van der Waals surface area contributed by atoms with Gasteiger partial charge in [0, 0.05) is 31.6 Å². The number of aryl methyl sites for hydroxylation is 1. The summed E-state index contributed by atoms with van der Waals surface area (Å²) < 4.78 is 15.7. The summed E-state index contributed by atoms with van der Waals surface area (Å²) in [6.45, 7) is 0.408. The minimum Gasteiger partial charge on any atom is -0.393 e. The van der Waals surface area contributed by atoms with Crippen LogP contribution < -0.4 is 5.32 Å². The van der Waals surface area contributed by atoms with Gasteiger partial charge in [-0.25, -0.2) is 9.37 Å². The first kappa shape index (κ1) is 15.4. The highest BCUT2D eigenvalue weighted by molar-refractivity contribution is 5.40. The molecule has 0 spiro atoms. The summed E-state index contributed by atoms with van der Waals surface area (Å²) in [5.74, 6) is 0.505. The van der Waals surface area contributed by atoms with Crippen LogP contribution in [0.25, 0.3) is 0 Å². The number of aliphatic hydroxyl groups is 1. The predicted octanol–water partition coefficient (Wildman–Crippen LogP) is 1.19. The van der Waals surface area contributed by atoms with E-state index in [1.54, 1.807) is 6.33 Å². The number of hydrogen-bond donors (Lipinski definition) is 2. The van der Waals surface area contributed by atoms with Crippen LogP contribution in [-0.4, -0.2) is 37.5 Å². The average Bonchev–Trinajstić information content (AvgIpc) is 3.11. The van der Waals surface area contributed by atoms with Gasteiger partial charge < -0.3 is 15.0 Å². The van der Waals surface area contributed by atoms with Crippen molar-refractivity contribution in [2.45, 2.75) is 24.9 Å². The number of aliphatic hydroxyl groups excluding tert-OH is 1. The molecule has 120 valence electrons. The molecular formula is C15H17FN6O. The summed E-state index contributed by atoms with van der Waals surface area (Å²) >= 11 is 0. The molecule has 3 atom stereocenters. The lowest BCUT2D eigenvalue weighted by Gasteiger charge is -2.15. The number of aromatic nitrogens is 4. The Morgan fingerprint density at radius 3 is 3.00 bits per heavy atom. The van der Waals surface area contributed by atoms with Crippen LogP contribution in [0.15, 0.2) is 18.6 Å². The highest BCUT2D eigenvalue weighted by Crippen LogP contribution is 2.37. The zero-order chi connectivity index (χ0) is 16.4. The molecule has 1 aliphatic rings. The quantitative estimate of drug-likeness (QED) is 0.879. The fraction of sp³-hybridized carbons (Fsp3) is 0.467. The molecule has 3 rings (SSSR count). The molecule has 0 aliphatic heterocycles. The van der Waals surface area contributed by atoms with Crippen molar-refractivity contribution in [3.8, 4) is 6.07 Å². The van der Waals surface area contributed by atoms with Crippen molar-refractivity contribution in [1.29, 1.82) is 5.26 Å². The molecular weight excluding hydrogens is 299 g/mol. The molecule has 2 heterocycles. The minimum absolute atomic E-state index is 0.0199. The van der Waals surface area contributed by atoms with Crippen molar-refractivity contribution in [2.24, 2.45) is 13.0 Å². The maximum atomic E-state index is 13.8. The van der Waals surface area contributed by atoms with E-state index < -0.39 is 11.9 Å². The molecule has 2 aromatic heterocycles. The number of pyridine rings is 1. The van der Waals surface area contributed by atoms with Crippen molar-refractivity contribution < 1.29 is 9.50 Å². The molecule has 0 saturated heterocycles. The molecule has 1 aliphatic carbocycles. The van der Waals surface area contributed by atoms with E-state index in [0.717, 1.165) is 18.3 Å². The Balaban J connectivity index is 1.63. The van der Waals surface area contributed by atoms with E-state index in [1.165, 1.54) is 6.20 Å². The van der Waals surface area contributed by atoms with Crippen LogP contribution >= 0.6 is 0 Å². The minimum atomic E-state index is -0.568. The number of halogens is 1. The number of hydrogen-bond acceptors (Lipinski definition) is 6. The van der Waals surface area contributed by atoms with Gasteiger partial charge in [-0.1, -0.05) is 0 Å². The maximum absolute atomic E-state index is 13.8. The van der Waals surface area contributed by atoms with Crippen LogP contribution in [0, 0.1) is 23.1 Å². The molecule has 2 N–H and O–H groups in total. The molecule has 0 amide bonds. The van der Waals surface area contributed by atoms with E-state index in [1.807, 2.05) is 17.7 Å². The Bertz CT molecular complexity index is 740. The number of nitrogens with zero attached hydrogens (tertiary/aromatic N) is 5. The SMILES string of the molecule is Cn1cnnc1[C@H]1C[C@H](CNc2ncc(C#N)cc2F)[C@H](O)C1. The van der Waals surface area contributed by atoms with Crippen molar-refractivity contribution in [1.82, 2.24) is 19.7 Å². The molecule has 0 aromatic carbocycles. The van der Waals surface area contributed by atoms with E-state index in [4.69, 9.17) is 5.26 Å². The summed E-state index contributed by atoms with van der Waals surface area (Å²) in [5, 5.41) is 29.8. The Hall–Kier alpha value is -2.53. The molecule has 0 unspecified atom stereocenters. The molecule has 1 fully saturated rings. The Labute approximate surface area is 132 Å². The van der Waals surface area contributed by atoms with Gasteiger partial charge in [0.05, 0.1) is 11.7 Å². The molecule has 8 heteroatoms. The van der Waals surface area contributed by atoms with Gasteiger partial charge in [-0.3, -0.25) is 0 Å². The topological polar surface area (TPSA) is 99.7 Å². The highest BCUT2D eigenvalue weighted by Gasteiger charge is 2.35. The van der Waals surface area contributed by atoms with Crippen LogP contribution in [0.3, 0.4) is 0 Å². The van der Waals surface area contributed by atoms with Gasteiger partial charge in [-0.2, -0.15) is 5.26 Å². The smallest absolute Gasteiger partial charge is 0.166 e. The maximum Gasteiger partial charge on any atom is 0.166 e. The normalized spacial score (nSPS) is 23.7. The summed E-state index contributed by atoms with van der Waals surface area (Å²) in [5.41, 5.74) is 0.177. The number of rotatable bonds is 4. The van der Waals surface area contributed by atoms with Gasteiger partial charge in [0.15, 0.2) is 11.6 Å². The second-order valence-electron chi connectivity index (χ2n) is 5.84. The van der Waals surface area contributed by atoms with Gasteiger partial charge in [-0.15, -0.1) is 10.2 Å². The summed E-state index contributed by atoms with van der Waals surface area (Å²) in [4.78, 5) is 3.90. The summed E-state index contributed by atoms with van der Waals surface area (Å²) in [6.07, 6.45) is 3.84. The number of anilines is 1. The first-order chi connectivity index (χ1) is 11.1. The first-order valence-corrected chi connectivity index (χ1v) is 7.40. The standard InChI is InChI=1S/C15H17FN6O/c1-22-8-20-21-15(22)10-3-11(13(23)4-10)7-19-14-12(16)2-9(5-17)6-18-14/h2,6,8,10-11,13,23H,3-4,7H2,1H3,(H,18,19)/t10-,11+,13+/m0/s1. The first-order valence-electron chi connectivity index (χ1n) is 7.40. The van der Waals surface area contributed by atoms with Crippen LogP contribution in [0.1, 0.15) is 30.1 Å². The molecule has 7 nitrogen and oxygen atoms in total. The third-order valence-electron chi connectivity index (χ3n) is 4.27. The molecule has 0 radical (unpaired) electrons. The number of nitrogens with one attached hydrogen (secondary N) is 1. The third kappa shape index (κ3) is 3.14. The lowest BCUT2D eigenvalue weighted by molar-refractivity contribution is 0.137. The van der Waals surface area contributed by atoms with E-state index in [0.29, 0.717) is 13.0 Å². The van der Waals surface area contributed by atoms with E-state index >= 15 is 0 Å². The van der Waals surface area contributed by atoms with Crippen LogP contribution in [0.2, 0.25) is 0 Å². The second-order valence-corrected chi connectivity index (χ2v) is 5.84. The Kier molecular flexibility index (Phi) is 4.21. The molecule has 0 bridgehead atoms. The monoisotopic (exact) mass is 316 g/mol. The van der Waals surface area contributed by atoms with Gasteiger partial charge in [0.1, 0.15) is 18.2 Å². The zero-order valence-corrected chi connectivity index (χ0v) is 12.6. The largest absolute Gasteiger partial charge is 0.393 e. The third-order valence-corrected chi connectivity index (χ3v) is 4.27. The van der Waals surface area contributed by atoms with E-state index in [-0.39, 0.29) is 23.2 Å². The van der Waals surface area contributed by atoms with Gasteiger partial charge in [-0.05, 0) is 18.9 Å². The fourth-order valence-electron chi connectivity index (χ4n) is 3.05. The molecule has 23 heavy (non-hydrogen) atoms. The fourth-order valence-corrected chi connectivity index (χ4v) is 3.05. The zero-order valence-electron chi connectivity index (χ0n) is 12.6. The summed E-state index contributed by atoms with van der Waals surface area (Å²) in [7, 11) is 1.88. The van der Waals surface area contributed by atoms with Crippen LogP contribution in [0.5, 0.6) is 0 Å².